The topological polar surface area (TPSA) is 62.3 Å². The van der Waals surface area contributed by atoms with Crippen LogP contribution in [-0.2, 0) is 9.59 Å². The summed E-state index contributed by atoms with van der Waals surface area (Å²) in [7, 11) is 3.31. The highest BCUT2D eigenvalue weighted by Crippen LogP contribution is 2.27. The third-order valence-electron chi connectivity index (χ3n) is 2.81. The van der Waals surface area contributed by atoms with E-state index in [1.54, 1.807) is 14.1 Å². The molecule has 0 saturated carbocycles. The van der Waals surface area contributed by atoms with Crippen LogP contribution >= 0.6 is 23.1 Å². The Morgan fingerprint density at radius 3 is 2.68 bits per heavy atom. The van der Waals surface area contributed by atoms with Crippen LogP contribution in [0.2, 0.25) is 0 Å². The van der Waals surface area contributed by atoms with Crippen molar-refractivity contribution in [1.29, 1.82) is 0 Å². The molecule has 0 unspecified atom stereocenters. The number of rotatable bonds is 6. The van der Waals surface area contributed by atoms with Gasteiger partial charge in [0, 0.05) is 25.0 Å². The zero-order chi connectivity index (χ0) is 15.9. The number of hydrogen-bond acceptors (Lipinski definition) is 5. The maximum Gasteiger partial charge on any atom is 0.241 e. The van der Waals surface area contributed by atoms with E-state index in [2.05, 4.69) is 10.3 Å². The molecule has 0 aliphatic rings. The van der Waals surface area contributed by atoms with Crippen molar-refractivity contribution in [3.05, 3.63) is 35.7 Å². The number of hydrogen-bond donors (Lipinski definition) is 1. The maximum atomic E-state index is 11.7. The van der Waals surface area contributed by atoms with E-state index < -0.39 is 0 Å². The molecule has 1 aromatic carbocycles. The summed E-state index contributed by atoms with van der Waals surface area (Å²) in [5.41, 5.74) is 1.97. The van der Waals surface area contributed by atoms with Crippen LogP contribution in [0.1, 0.15) is 0 Å². The zero-order valence-corrected chi connectivity index (χ0v) is 14.0. The SMILES string of the molecule is CN(C)C(=O)CNC(=O)CSc1nc(-c2ccccc2)cs1. The first-order valence-electron chi connectivity index (χ1n) is 6.67. The fraction of sp³-hybridized carbons (Fsp3) is 0.267. The minimum Gasteiger partial charge on any atom is -0.347 e. The van der Waals surface area contributed by atoms with Crippen LogP contribution in [0.5, 0.6) is 0 Å². The number of amides is 2. The molecule has 0 atom stereocenters. The average molecular weight is 335 g/mol. The van der Waals surface area contributed by atoms with Crippen molar-refractivity contribution in [3.63, 3.8) is 0 Å². The molecule has 1 N–H and O–H groups in total. The molecule has 2 amide bonds. The van der Waals surface area contributed by atoms with Gasteiger partial charge in [0.25, 0.3) is 0 Å². The quantitative estimate of drug-likeness (QED) is 0.821. The van der Waals surface area contributed by atoms with Gasteiger partial charge in [-0.2, -0.15) is 0 Å². The largest absolute Gasteiger partial charge is 0.347 e. The van der Waals surface area contributed by atoms with Gasteiger partial charge < -0.3 is 10.2 Å². The summed E-state index contributed by atoms with van der Waals surface area (Å²) in [5, 5.41) is 4.58. The highest BCUT2D eigenvalue weighted by Gasteiger charge is 2.10. The number of benzene rings is 1. The highest BCUT2D eigenvalue weighted by atomic mass is 32.2. The van der Waals surface area contributed by atoms with Crippen LogP contribution < -0.4 is 5.32 Å². The van der Waals surface area contributed by atoms with Crippen LogP contribution in [0.3, 0.4) is 0 Å². The molecule has 5 nitrogen and oxygen atoms in total. The molecule has 0 spiro atoms. The number of nitrogens with zero attached hydrogens (tertiary/aromatic N) is 2. The van der Waals surface area contributed by atoms with E-state index in [-0.39, 0.29) is 24.1 Å². The van der Waals surface area contributed by atoms with Crippen molar-refractivity contribution >= 4 is 34.9 Å². The Morgan fingerprint density at radius 1 is 1.27 bits per heavy atom. The summed E-state index contributed by atoms with van der Waals surface area (Å²) in [6, 6.07) is 9.91. The summed E-state index contributed by atoms with van der Waals surface area (Å²) < 4.78 is 0.841. The molecule has 0 bridgehead atoms. The van der Waals surface area contributed by atoms with Gasteiger partial charge in [0.2, 0.25) is 11.8 Å². The minimum absolute atomic E-state index is 0.0273. The fourth-order valence-corrected chi connectivity index (χ4v) is 3.24. The Labute approximate surface area is 137 Å². The van der Waals surface area contributed by atoms with Gasteiger partial charge >= 0.3 is 0 Å². The minimum atomic E-state index is -0.170. The van der Waals surface area contributed by atoms with E-state index in [0.29, 0.717) is 0 Å². The maximum absolute atomic E-state index is 11.7. The standard InChI is InChI=1S/C15H17N3O2S2/c1-18(2)14(20)8-16-13(19)10-22-15-17-12(9-21-15)11-6-4-3-5-7-11/h3-7,9H,8,10H2,1-2H3,(H,16,19). The van der Waals surface area contributed by atoms with Crippen molar-refractivity contribution in [1.82, 2.24) is 15.2 Å². The molecule has 0 radical (unpaired) electrons. The molecular weight excluding hydrogens is 318 g/mol. The van der Waals surface area contributed by atoms with Crippen molar-refractivity contribution in [2.75, 3.05) is 26.4 Å². The number of thioether (sulfide) groups is 1. The molecule has 1 aromatic heterocycles. The van der Waals surface area contributed by atoms with E-state index in [1.165, 1.54) is 28.0 Å². The molecule has 2 rings (SSSR count). The lowest BCUT2D eigenvalue weighted by atomic mass is 10.2. The second-order valence-corrected chi connectivity index (χ2v) is 6.80. The fourth-order valence-electron chi connectivity index (χ4n) is 1.58. The zero-order valence-electron chi connectivity index (χ0n) is 12.4. The summed E-state index contributed by atoms with van der Waals surface area (Å²) in [6.07, 6.45) is 0. The number of nitrogens with one attached hydrogen (secondary N) is 1. The van der Waals surface area contributed by atoms with Crippen molar-refractivity contribution in [3.8, 4) is 11.3 Å². The second-order valence-electron chi connectivity index (χ2n) is 4.72. The Balaban J connectivity index is 1.81. The van der Waals surface area contributed by atoms with E-state index in [4.69, 9.17) is 0 Å². The highest BCUT2D eigenvalue weighted by molar-refractivity contribution is 8.01. The monoisotopic (exact) mass is 335 g/mol. The molecule has 22 heavy (non-hydrogen) atoms. The van der Waals surface area contributed by atoms with Crippen molar-refractivity contribution in [2.45, 2.75) is 4.34 Å². The molecular formula is C15H17N3O2S2. The Hall–Kier alpha value is -1.86. The summed E-state index contributed by atoms with van der Waals surface area (Å²) >= 11 is 2.89. The molecule has 0 aliphatic carbocycles. The van der Waals surface area contributed by atoms with Crippen molar-refractivity contribution in [2.24, 2.45) is 0 Å². The lowest BCUT2D eigenvalue weighted by Crippen LogP contribution is -2.36. The normalized spacial score (nSPS) is 10.3. The number of thiazole rings is 1. The number of likely N-dealkylation sites (N-methyl/N-ethyl adjacent to an activating group) is 1. The van der Waals surface area contributed by atoms with Gasteiger partial charge in [0.05, 0.1) is 18.0 Å². The van der Waals surface area contributed by atoms with Gasteiger partial charge in [-0.3, -0.25) is 9.59 Å². The Bertz CT molecular complexity index is 641. The van der Waals surface area contributed by atoms with Gasteiger partial charge in [0.15, 0.2) is 4.34 Å². The van der Waals surface area contributed by atoms with Crippen LogP contribution in [0, 0.1) is 0 Å². The molecule has 2 aromatic rings. The first kappa shape index (κ1) is 16.5. The predicted octanol–water partition coefficient (Wildman–Crippen LogP) is 2.11. The van der Waals surface area contributed by atoms with E-state index >= 15 is 0 Å². The van der Waals surface area contributed by atoms with Crippen LogP contribution in [0.25, 0.3) is 11.3 Å². The average Bonchev–Trinajstić information content (AvgIpc) is 3.00. The third-order valence-corrected chi connectivity index (χ3v) is 4.84. The Morgan fingerprint density at radius 2 is 2.00 bits per heavy atom. The number of aromatic nitrogens is 1. The van der Waals surface area contributed by atoms with Gasteiger partial charge in [0.1, 0.15) is 0 Å². The van der Waals surface area contributed by atoms with Gasteiger partial charge in [-0.15, -0.1) is 11.3 Å². The van der Waals surface area contributed by atoms with Crippen LogP contribution in [0.15, 0.2) is 40.1 Å². The molecule has 0 saturated heterocycles. The molecule has 7 heteroatoms. The summed E-state index contributed by atoms with van der Waals surface area (Å²) in [6.45, 7) is 0.0273. The third kappa shape index (κ3) is 4.85. The lowest BCUT2D eigenvalue weighted by molar-refractivity contribution is -0.130. The predicted molar refractivity (Wildman–Crippen MR) is 90.0 cm³/mol. The van der Waals surface area contributed by atoms with Gasteiger partial charge in [-0.25, -0.2) is 4.98 Å². The first-order valence-corrected chi connectivity index (χ1v) is 8.53. The second kappa shape index (κ2) is 7.95. The van der Waals surface area contributed by atoms with E-state index in [9.17, 15) is 9.59 Å². The molecule has 116 valence electrons. The van der Waals surface area contributed by atoms with Gasteiger partial charge in [-0.1, -0.05) is 42.1 Å². The van der Waals surface area contributed by atoms with E-state index in [1.807, 2.05) is 35.7 Å². The summed E-state index contributed by atoms with van der Waals surface area (Å²) in [5.74, 6) is -0.0433. The smallest absolute Gasteiger partial charge is 0.241 e. The molecule has 0 fully saturated rings. The van der Waals surface area contributed by atoms with E-state index in [0.717, 1.165) is 15.6 Å². The van der Waals surface area contributed by atoms with Crippen LogP contribution in [0.4, 0.5) is 0 Å². The molecule has 0 aliphatic heterocycles. The lowest BCUT2D eigenvalue weighted by Gasteiger charge is -2.10. The Kier molecular flexibility index (Phi) is 5.97. The number of carbonyl (C=O) groups excluding carboxylic acids is 2. The molecule has 1 heterocycles. The first-order chi connectivity index (χ1) is 10.6. The van der Waals surface area contributed by atoms with Crippen molar-refractivity contribution < 1.29 is 9.59 Å². The number of carbonyl (C=O) groups is 2. The van der Waals surface area contributed by atoms with Gasteiger partial charge in [-0.05, 0) is 0 Å². The summed E-state index contributed by atoms with van der Waals surface area (Å²) in [4.78, 5) is 29.0. The van der Waals surface area contributed by atoms with Crippen LogP contribution in [-0.4, -0.2) is 48.1 Å².